The van der Waals surface area contributed by atoms with Crippen molar-refractivity contribution in [2.24, 2.45) is 0 Å². The molecule has 0 aromatic heterocycles. The van der Waals surface area contributed by atoms with Crippen LogP contribution >= 0.6 is 39.1 Å². The zero-order valence-electron chi connectivity index (χ0n) is 5.92. The van der Waals surface area contributed by atoms with Gasteiger partial charge in [0, 0.05) is 10.5 Å². The molecule has 0 aliphatic rings. The monoisotopic (exact) mass is 285 g/mol. The number of nitrogens with zero attached hydrogens (tertiary/aromatic N) is 1. The average Bonchev–Trinajstić information content (AvgIpc) is 1.99. The van der Waals surface area contributed by atoms with E-state index in [1.54, 1.807) is 0 Å². The van der Waals surface area contributed by atoms with Crippen molar-refractivity contribution in [3.8, 4) is 5.75 Å². The molecular weight excluding hydrogens is 285 g/mol. The number of phenolic OH excluding ortho intramolecular Hbond substituents is 1. The Morgan fingerprint density at radius 3 is 2.46 bits per heavy atom. The third-order valence-electron chi connectivity index (χ3n) is 1.30. The number of halogens is 3. The van der Waals surface area contributed by atoms with E-state index in [-0.39, 0.29) is 10.0 Å². The number of phenols is 1. The standard InChI is InChI=1S/C6H2BrCl2NO3/c7-2-1-3(11)6(10(12)13)5(9)4(2)8/h1,11H. The first kappa shape index (κ1) is 10.6. The lowest BCUT2D eigenvalue weighted by atomic mass is 10.3. The summed E-state index contributed by atoms with van der Waals surface area (Å²) in [5.74, 6) is -0.522. The molecule has 4 nitrogen and oxygen atoms in total. The maximum Gasteiger partial charge on any atom is 0.330 e. The van der Waals surface area contributed by atoms with E-state index >= 15 is 0 Å². The van der Waals surface area contributed by atoms with Crippen molar-refractivity contribution in [3.05, 3.63) is 30.7 Å². The minimum atomic E-state index is -0.796. The molecule has 0 unspecified atom stereocenters. The molecule has 0 saturated carbocycles. The van der Waals surface area contributed by atoms with Crippen LogP contribution in [0.15, 0.2) is 10.5 Å². The van der Waals surface area contributed by atoms with E-state index in [1.165, 1.54) is 0 Å². The molecule has 0 spiro atoms. The molecule has 0 bridgehead atoms. The maximum atomic E-state index is 10.4. The Labute approximate surface area is 91.4 Å². The topological polar surface area (TPSA) is 63.4 Å². The minimum Gasteiger partial charge on any atom is -0.502 e. The van der Waals surface area contributed by atoms with Gasteiger partial charge in [-0.3, -0.25) is 10.1 Å². The van der Waals surface area contributed by atoms with Gasteiger partial charge in [-0.15, -0.1) is 0 Å². The van der Waals surface area contributed by atoms with Crippen LogP contribution in [0.2, 0.25) is 10.0 Å². The van der Waals surface area contributed by atoms with E-state index in [9.17, 15) is 10.1 Å². The fourth-order valence-electron chi connectivity index (χ4n) is 0.747. The fourth-order valence-corrected chi connectivity index (χ4v) is 1.69. The van der Waals surface area contributed by atoms with Crippen LogP contribution in [-0.2, 0) is 0 Å². The van der Waals surface area contributed by atoms with Gasteiger partial charge in [-0.2, -0.15) is 0 Å². The summed E-state index contributed by atoms with van der Waals surface area (Å²) >= 11 is 14.1. The molecule has 0 aliphatic carbocycles. The van der Waals surface area contributed by atoms with Crippen molar-refractivity contribution < 1.29 is 10.0 Å². The molecule has 0 saturated heterocycles. The highest BCUT2D eigenvalue weighted by Crippen LogP contribution is 2.43. The van der Waals surface area contributed by atoms with Gasteiger partial charge in [-0.25, -0.2) is 0 Å². The van der Waals surface area contributed by atoms with Crippen LogP contribution in [0.1, 0.15) is 0 Å². The molecule has 0 amide bonds. The zero-order chi connectivity index (χ0) is 10.2. The maximum absolute atomic E-state index is 10.4. The lowest BCUT2D eigenvalue weighted by molar-refractivity contribution is -0.385. The second-order valence-electron chi connectivity index (χ2n) is 2.11. The Morgan fingerprint density at radius 1 is 1.46 bits per heavy atom. The second-order valence-corrected chi connectivity index (χ2v) is 3.72. The predicted octanol–water partition coefficient (Wildman–Crippen LogP) is 3.37. The molecule has 1 N–H and O–H groups in total. The smallest absolute Gasteiger partial charge is 0.330 e. The van der Waals surface area contributed by atoms with Crippen LogP contribution in [-0.4, -0.2) is 10.0 Å². The Hall–Kier alpha value is -0.520. The van der Waals surface area contributed by atoms with Crippen molar-refractivity contribution >= 4 is 44.8 Å². The number of nitro groups is 1. The van der Waals surface area contributed by atoms with Crippen molar-refractivity contribution in [2.45, 2.75) is 0 Å². The molecule has 1 aromatic rings. The van der Waals surface area contributed by atoms with E-state index in [0.717, 1.165) is 6.07 Å². The summed E-state index contributed by atoms with van der Waals surface area (Å²) in [6.07, 6.45) is 0. The van der Waals surface area contributed by atoms with Gasteiger partial charge < -0.3 is 5.11 Å². The highest BCUT2D eigenvalue weighted by molar-refractivity contribution is 9.10. The molecule has 13 heavy (non-hydrogen) atoms. The van der Waals surface area contributed by atoms with Gasteiger partial charge in [0.15, 0.2) is 5.75 Å². The van der Waals surface area contributed by atoms with Crippen molar-refractivity contribution in [1.82, 2.24) is 0 Å². The summed E-state index contributed by atoms with van der Waals surface area (Å²) < 4.78 is 0.308. The number of aromatic hydroxyl groups is 1. The summed E-state index contributed by atoms with van der Waals surface area (Å²) in [7, 11) is 0. The lowest BCUT2D eigenvalue weighted by Gasteiger charge is -2.02. The van der Waals surface area contributed by atoms with E-state index < -0.39 is 16.4 Å². The largest absolute Gasteiger partial charge is 0.502 e. The normalized spacial score (nSPS) is 10.1. The average molecular weight is 287 g/mol. The van der Waals surface area contributed by atoms with Gasteiger partial charge >= 0.3 is 5.69 Å². The molecular formula is C6H2BrCl2NO3. The van der Waals surface area contributed by atoms with Gasteiger partial charge in [0.05, 0.1) is 9.95 Å². The Balaban J connectivity index is 3.53. The van der Waals surface area contributed by atoms with E-state index in [4.69, 9.17) is 28.3 Å². The molecule has 0 radical (unpaired) electrons. The van der Waals surface area contributed by atoms with Crippen molar-refractivity contribution in [1.29, 1.82) is 0 Å². The Morgan fingerprint density at radius 2 is 2.00 bits per heavy atom. The first-order valence-electron chi connectivity index (χ1n) is 2.96. The molecule has 0 atom stereocenters. The van der Waals surface area contributed by atoms with Gasteiger partial charge in [-0.1, -0.05) is 23.2 Å². The summed E-state index contributed by atoms with van der Waals surface area (Å²) in [4.78, 5) is 9.60. The molecule has 1 aromatic carbocycles. The van der Waals surface area contributed by atoms with Crippen LogP contribution < -0.4 is 0 Å². The van der Waals surface area contributed by atoms with Gasteiger partial charge in [0.2, 0.25) is 0 Å². The molecule has 0 aliphatic heterocycles. The van der Waals surface area contributed by atoms with E-state index in [2.05, 4.69) is 15.9 Å². The van der Waals surface area contributed by atoms with E-state index in [1.807, 2.05) is 0 Å². The molecule has 7 heteroatoms. The third kappa shape index (κ3) is 1.87. The molecule has 0 fully saturated rings. The first-order valence-corrected chi connectivity index (χ1v) is 4.51. The number of benzene rings is 1. The Kier molecular flexibility index (Phi) is 3.00. The van der Waals surface area contributed by atoms with Gasteiger partial charge in [0.1, 0.15) is 5.02 Å². The summed E-state index contributed by atoms with van der Waals surface area (Å²) in [5, 5.41) is 19.3. The number of hydrogen-bond acceptors (Lipinski definition) is 3. The highest BCUT2D eigenvalue weighted by atomic mass is 79.9. The zero-order valence-corrected chi connectivity index (χ0v) is 9.02. The van der Waals surface area contributed by atoms with Crippen molar-refractivity contribution in [3.63, 3.8) is 0 Å². The Bertz CT molecular complexity index is 383. The van der Waals surface area contributed by atoms with Crippen molar-refractivity contribution in [2.75, 3.05) is 0 Å². The predicted molar refractivity (Wildman–Crippen MR) is 52.5 cm³/mol. The summed E-state index contributed by atoms with van der Waals surface area (Å²) in [6, 6.07) is 1.12. The van der Waals surface area contributed by atoms with Gasteiger partial charge in [0.25, 0.3) is 0 Å². The quantitative estimate of drug-likeness (QED) is 0.489. The molecule has 1 rings (SSSR count). The van der Waals surface area contributed by atoms with Gasteiger partial charge in [-0.05, 0) is 15.9 Å². The third-order valence-corrected chi connectivity index (χ3v) is 3.01. The number of rotatable bonds is 1. The van der Waals surface area contributed by atoms with Crippen LogP contribution in [0, 0.1) is 10.1 Å². The second kappa shape index (κ2) is 3.69. The SMILES string of the molecule is O=[N+]([O-])c1c(O)cc(Br)c(Cl)c1Cl. The highest BCUT2D eigenvalue weighted by Gasteiger charge is 2.23. The minimum absolute atomic E-state index is 0.00571. The molecule has 70 valence electrons. The molecule has 0 heterocycles. The van der Waals surface area contributed by atoms with Crippen LogP contribution in [0.4, 0.5) is 5.69 Å². The number of hydrogen-bond donors (Lipinski definition) is 1. The lowest BCUT2D eigenvalue weighted by Crippen LogP contribution is -1.90. The fraction of sp³-hybridized carbons (Fsp3) is 0. The van der Waals surface area contributed by atoms with Crippen LogP contribution in [0.25, 0.3) is 0 Å². The number of nitro benzene ring substituents is 1. The van der Waals surface area contributed by atoms with E-state index in [0.29, 0.717) is 4.47 Å². The summed E-state index contributed by atoms with van der Waals surface area (Å²) in [6.45, 7) is 0. The van der Waals surface area contributed by atoms with Crippen LogP contribution in [0.3, 0.4) is 0 Å². The summed E-state index contributed by atoms with van der Waals surface area (Å²) in [5.41, 5.74) is -0.588. The first-order chi connectivity index (χ1) is 5.95. The van der Waals surface area contributed by atoms with Crippen LogP contribution in [0.5, 0.6) is 5.75 Å².